The first-order valence-corrected chi connectivity index (χ1v) is 9.75. The van der Waals surface area contributed by atoms with E-state index in [1.54, 1.807) is 6.20 Å². The lowest BCUT2D eigenvalue weighted by molar-refractivity contribution is -0.125. The number of ether oxygens (including phenoxy) is 1. The van der Waals surface area contributed by atoms with E-state index in [0.717, 1.165) is 16.8 Å². The van der Waals surface area contributed by atoms with Crippen LogP contribution < -0.4 is 5.32 Å². The second kappa shape index (κ2) is 8.17. The lowest BCUT2D eigenvalue weighted by Gasteiger charge is -2.36. The standard InChI is InChI=1S/C22H22ClN3O2/c23-19-6-2-5-18(15-19)22(8-12-28-13-9-22)21(27)25-20-7-1-4-17(14-20)16-26-11-3-10-24-26/h1-7,10-11,14-15H,8-9,12-13,16H2,(H,25,27). The number of amides is 1. The number of nitrogens with zero attached hydrogens (tertiary/aromatic N) is 2. The zero-order chi connectivity index (χ0) is 19.4. The largest absolute Gasteiger partial charge is 0.381 e. The molecule has 2 aromatic carbocycles. The van der Waals surface area contributed by atoms with Gasteiger partial charge in [-0.1, -0.05) is 35.9 Å². The molecule has 0 atom stereocenters. The van der Waals surface area contributed by atoms with Gasteiger partial charge < -0.3 is 10.1 Å². The number of carbonyl (C=O) groups is 1. The van der Waals surface area contributed by atoms with Gasteiger partial charge in [0.25, 0.3) is 0 Å². The molecular formula is C22H22ClN3O2. The van der Waals surface area contributed by atoms with Crippen molar-refractivity contribution in [3.63, 3.8) is 0 Å². The van der Waals surface area contributed by atoms with Crippen molar-refractivity contribution in [2.45, 2.75) is 24.8 Å². The summed E-state index contributed by atoms with van der Waals surface area (Å²) in [5.74, 6) is -0.0192. The summed E-state index contributed by atoms with van der Waals surface area (Å²) in [5, 5.41) is 8.00. The predicted molar refractivity (Wildman–Crippen MR) is 110 cm³/mol. The maximum Gasteiger partial charge on any atom is 0.235 e. The van der Waals surface area contributed by atoms with Crippen LogP contribution in [-0.4, -0.2) is 28.9 Å². The second-order valence-electron chi connectivity index (χ2n) is 7.06. The monoisotopic (exact) mass is 395 g/mol. The third-order valence-electron chi connectivity index (χ3n) is 5.25. The van der Waals surface area contributed by atoms with Gasteiger partial charge >= 0.3 is 0 Å². The Hall–Kier alpha value is -2.63. The molecule has 1 saturated heterocycles. The molecule has 0 unspecified atom stereocenters. The smallest absolute Gasteiger partial charge is 0.235 e. The highest BCUT2D eigenvalue weighted by atomic mass is 35.5. The van der Waals surface area contributed by atoms with E-state index in [4.69, 9.17) is 16.3 Å². The summed E-state index contributed by atoms with van der Waals surface area (Å²) in [7, 11) is 0. The summed E-state index contributed by atoms with van der Waals surface area (Å²) in [4.78, 5) is 13.4. The molecule has 0 aliphatic carbocycles. The Labute approximate surface area is 169 Å². The summed E-state index contributed by atoms with van der Waals surface area (Å²) in [5.41, 5.74) is 2.16. The quantitative estimate of drug-likeness (QED) is 0.701. The number of nitrogens with one attached hydrogen (secondary N) is 1. The van der Waals surface area contributed by atoms with Gasteiger partial charge in [-0.05, 0) is 54.3 Å². The van der Waals surface area contributed by atoms with E-state index < -0.39 is 5.41 Å². The molecule has 5 nitrogen and oxygen atoms in total. The van der Waals surface area contributed by atoms with E-state index in [1.807, 2.05) is 65.5 Å². The Morgan fingerprint density at radius 3 is 2.71 bits per heavy atom. The minimum absolute atomic E-state index is 0.0192. The molecule has 1 aromatic heterocycles. The topological polar surface area (TPSA) is 56.2 Å². The maximum atomic E-state index is 13.4. The van der Waals surface area contributed by atoms with Crippen LogP contribution in [0.5, 0.6) is 0 Å². The van der Waals surface area contributed by atoms with Crippen LogP contribution in [0.1, 0.15) is 24.0 Å². The van der Waals surface area contributed by atoms with Gasteiger partial charge in [0.2, 0.25) is 5.91 Å². The highest BCUT2D eigenvalue weighted by molar-refractivity contribution is 6.30. The summed E-state index contributed by atoms with van der Waals surface area (Å²) in [6.45, 7) is 1.77. The maximum absolute atomic E-state index is 13.4. The molecule has 0 saturated carbocycles. The van der Waals surface area contributed by atoms with Gasteiger partial charge in [-0.25, -0.2) is 0 Å². The highest BCUT2D eigenvalue weighted by Gasteiger charge is 2.41. The number of rotatable bonds is 5. The molecule has 2 heterocycles. The molecule has 0 radical (unpaired) electrons. The van der Waals surface area contributed by atoms with E-state index in [-0.39, 0.29) is 5.91 Å². The van der Waals surface area contributed by atoms with Crippen LogP contribution in [0, 0.1) is 0 Å². The van der Waals surface area contributed by atoms with Crippen molar-refractivity contribution in [2.24, 2.45) is 0 Å². The number of hydrogen-bond donors (Lipinski definition) is 1. The molecule has 4 rings (SSSR count). The number of carbonyl (C=O) groups excluding carboxylic acids is 1. The lowest BCUT2D eigenvalue weighted by atomic mass is 9.73. The molecule has 1 aliphatic rings. The summed E-state index contributed by atoms with van der Waals surface area (Å²) >= 11 is 6.21. The minimum atomic E-state index is -0.638. The molecule has 144 valence electrons. The van der Waals surface area contributed by atoms with E-state index >= 15 is 0 Å². The van der Waals surface area contributed by atoms with Gasteiger partial charge in [0.15, 0.2) is 0 Å². The fourth-order valence-corrected chi connectivity index (χ4v) is 3.92. The molecule has 28 heavy (non-hydrogen) atoms. The first kappa shape index (κ1) is 18.7. The number of halogens is 1. The van der Waals surface area contributed by atoms with Crippen molar-refractivity contribution >= 4 is 23.2 Å². The van der Waals surface area contributed by atoms with Gasteiger partial charge in [-0.3, -0.25) is 9.48 Å². The predicted octanol–water partition coefficient (Wildman–Crippen LogP) is 4.27. The average molecular weight is 396 g/mol. The number of aromatic nitrogens is 2. The van der Waals surface area contributed by atoms with Crippen molar-refractivity contribution in [2.75, 3.05) is 18.5 Å². The number of benzene rings is 2. The molecule has 1 aliphatic heterocycles. The van der Waals surface area contributed by atoms with E-state index in [2.05, 4.69) is 10.4 Å². The molecule has 0 spiro atoms. The van der Waals surface area contributed by atoms with Crippen LogP contribution in [0.15, 0.2) is 67.0 Å². The Morgan fingerprint density at radius 1 is 1.14 bits per heavy atom. The van der Waals surface area contributed by atoms with Crippen molar-refractivity contribution in [1.82, 2.24) is 9.78 Å². The van der Waals surface area contributed by atoms with E-state index in [9.17, 15) is 4.79 Å². The Kier molecular flexibility index (Phi) is 5.46. The van der Waals surface area contributed by atoms with Gasteiger partial charge in [0.05, 0.1) is 12.0 Å². The fourth-order valence-electron chi connectivity index (χ4n) is 3.73. The average Bonchev–Trinajstić information content (AvgIpc) is 3.22. The fraction of sp³-hybridized carbons (Fsp3) is 0.273. The first-order valence-electron chi connectivity index (χ1n) is 9.37. The van der Waals surface area contributed by atoms with Crippen molar-refractivity contribution < 1.29 is 9.53 Å². The third-order valence-corrected chi connectivity index (χ3v) is 5.48. The van der Waals surface area contributed by atoms with Crippen LogP contribution in [-0.2, 0) is 21.5 Å². The number of hydrogen-bond acceptors (Lipinski definition) is 3. The molecule has 6 heteroatoms. The van der Waals surface area contributed by atoms with E-state index in [1.165, 1.54) is 0 Å². The first-order chi connectivity index (χ1) is 13.7. The van der Waals surface area contributed by atoms with E-state index in [0.29, 0.717) is 37.6 Å². The van der Waals surface area contributed by atoms with Gasteiger partial charge in [-0.15, -0.1) is 0 Å². The Bertz CT molecular complexity index is 950. The second-order valence-corrected chi connectivity index (χ2v) is 7.50. The van der Waals surface area contributed by atoms with Crippen LogP contribution in [0.25, 0.3) is 0 Å². The van der Waals surface area contributed by atoms with Crippen LogP contribution in [0.2, 0.25) is 5.02 Å². The minimum Gasteiger partial charge on any atom is -0.381 e. The van der Waals surface area contributed by atoms with Crippen molar-refractivity contribution in [1.29, 1.82) is 0 Å². The highest BCUT2D eigenvalue weighted by Crippen LogP contribution is 2.37. The zero-order valence-electron chi connectivity index (χ0n) is 15.5. The third kappa shape index (κ3) is 3.96. The summed E-state index contributed by atoms with van der Waals surface area (Å²) in [6, 6.07) is 17.4. The van der Waals surface area contributed by atoms with Crippen molar-refractivity contribution in [3.05, 3.63) is 83.1 Å². The molecule has 1 N–H and O–H groups in total. The lowest BCUT2D eigenvalue weighted by Crippen LogP contribution is -2.44. The molecule has 1 fully saturated rings. The number of anilines is 1. The Balaban J connectivity index is 1.58. The van der Waals surface area contributed by atoms with Crippen molar-refractivity contribution in [3.8, 4) is 0 Å². The molecule has 3 aromatic rings. The van der Waals surface area contributed by atoms with Gasteiger partial charge in [-0.2, -0.15) is 5.10 Å². The normalized spacial score (nSPS) is 15.9. The molecule has 0 bridgehead atoms. The van der Waals surface area contributed by atoms with Crippen LogP contribution in [0.4, 0.5) is 5.69 Å². The van der Waals surface area contributed by atoms with Gasteiger partial charge in [0.1, 0.15) is 0 Å². The van der Waals surface area contributed by atoms with Gasteiger partial charge in [0, 0.05) is 36.3 Å². The SMILES string of the molecule is O=C(Nc1cccc(Cn2cccn2)c1)C1(c2cccc(Cl)c2)CCOCC1. The molecule has 1 amide bonds. The Morgan fingerprint density at radius 2 is 1.96 bits per heavy atom. The molecular weight excluding hydrogens is 374 g/mol. The zero-order valence-corrected chi connectivity index (χ0v) is 16.2. The summed E-state index contributed by atoms with van der Waals surface area (Å²) in [6.07, 6.45) is 4.94. The van der Waals surface area contributed by atoms with Crippen LogP contribution >= 0.6 is 11.6 Å². The summed E-state index contributed by atoms with van der Waals surface area (Å²) < 4.78 is 7.39. The van der Waals surface area contributed by atoms with Crippen LogP contribution in [0.3, 0.4) is 0 Å².